The minimum atomic E-state index is -0.787. The van der Waals surface area contributed by atoms with Crippen LogP contribution in [0.1, 0.15) is 47.4 Å². The number of piperidine rings is 1. The molecule has 1 heterocycles. The van der Waals surface area contributed by atoms with Gasteiger partial charge < -0.3 is 10.2 Å². The van der Waals surface area contributed by atoms with Gasteiger partial charge in [0.2, 0.25) is 5.91 Å². The monoisotopic (exact) mass is 471 g/mol. The molecule has 1 aliphatic rings. The Morgan fingerprint density at radius 3 is 2.27 bits per heavy atom. The first-order valence-electron chi connectivity index (χ1n) is 10.8. The highest BCUT2D eigenvalue weighted by atomic mass is 35.5. The van der Waals surface area contributed by atoms with Crippen molar-refractivity contribution in [2.75, 3.05) is 13.1 Å². The highest BCUT2D eigenvalue weighted by molar-refractivity contribution is 6.34. The summed E-state index contributed by atoms with van der Waals surface area (Å²) >= 11 is 6.06. The lowest BCUT2D eigenvalue weighted by molar-refractivity contribution is -0.384. The molecule has 3 rings (SSSR count). The molecular formula is C24H26ClN3O5. The number of non-ortho nitro benzene ring substituents is 1. The molecular weight excluding hydrogens is 446 g/mol. The molecule has 174 valence electrons. The number of hydrogen-bond acceptors (Lipinski definition) is 5. The Kier molecular flexibility index (Phi) is 7.81. The van der Waals surface area contributed by atoms with Gasteiger partial charge in [-0.25, -0.2) is 0 Å². The fourth-order valence-corrected chi connectivity index (χ4v) is 4.19. The van der Waals surface area contributed by atoms with Crippen molar-refractivity contribution in [3.63, 3.8) is 0 Å². The van der Waals surface area contributed by atoms with E-state index in [9.17, 15) is 24.5 Å². The Morgan fingerprint density at radius 1 is 1.09 bits per heavy atom. The van der Waals surface area contributed by atoms with Gasteiger partial charge >= 0.3 is 0 Å². The molecule has 0 aliphatic carbocycles. The van der Waals surface area contributed by atoms with Crippen LogP contribution in [0.4, 0.5) is 5.69 Å². The molecule has 1 fully saturated rings. The molecule has 1 atom stereocenters. The topological polar surface area (TPSA) is 110 Å². The van der Waals surface area contributed by atoms with Crippen molar-refractivity contribution in [1.29, 1.82) is 0 Å². The Labute approximate surface area is 197 Å². The molecule has 1 N–H and O–H groups in total. The maximum Gasteiger partial charge on any atom is 0.270 e. The Balaban J connectivity index is 1.64. The lowest BCUT2D eigenvalue weighted by Gasteiger charge is -2.35. The first kappa shape index (κ1) is 24.4. The van der Waals surface area contributed by atoms with Crippen molar-refractivity contribution in [1.82, 2.24) is 10.2 Å². The second-order valence-electron chi connectivity index (χ2n) is 8.45. The number of carbonyl (C=O) groups excluding carboxylic acids is 3. The SMILES string of the molecule is CC(C)[C@@H](NC(=O)c1ccc([N+](=O)[O-])cc1Cl)C(=O)N1CCC(C(=O)c2ccccc2)CC1. The van der Waals surface area contributed by atoms with Crippen LogP contribution in [-0.2, 0) is 4.79 Å². The summed E-state index contributed by atoms with van der Waals surface area (Å²) in [6.45, 7) is 4.51. The quantitative estimate of drug-likeness (QED) is 0.371. The summed E-state index contributed by atoms with van der Waals surface area (Å²) in [5.74, 6) is -1.04. The lowest BCUT2D eigenvalue weighted by atomic mass is 9.88. The molecule has 0 spiro atoms. The summed E-state index contributed by atoms with van der Waals surface area (Å²) in [6, 6.07) is 11.9. The normalized spacial score (nSPS) is 15.2. The van der Waals surface area contributed by atoms with Gasteiger partial charge in [0.15, 0.2) is 5.78 Å². The van der Waals surface area contributed by atoms with Crippen LogP contribution in [0, 0.1) is 22.0 Å². The molecule has 0 saturated carbocycles. The summed E-state index contributed by atoms with van der Waals surface area (Å²) < 4.78 is 0. The van der Waals surface area contributed by atoms with Crippen LogP contribution in [-0.4, -0.2) is 46.6 Å². The van der Waals surface area contributed by atoms with Crippen molar-refractivity contribution < 1.29 is 19.3 Å². The number of rotatable bonds is 7. The van der Waals surface area contributed by atoms with Crippen molar-refractivity contribution >= 4 is 34.9 Å². The van der Waals surface area contributed by atoms with E-state index in [1.165, 1.54) is 12.1 Å². The van der Waals surface area contributed by atoms with E-state index >= 15 is 0 Å². The number of nitrogens with zero attached hydrogens (tertiary/aromatic N) is 2. The Morgan fingerprint density at radius 2 is 1.73 bits per heavy atom. The second-order valence-corrected chi connectivity index (χ2v) is 8.85. The van der Waals surface area contributed by atoms with Gasteiger partial charge in [-0.2, -0.15) is 0 Å². The fraction of sp³-hybridized carbons (Fsp3) is 0.375. The average molecular weight is 472 g/mol. The van der Waals surface area contributed by atoms with E-state index in [-0.39, 0.29) is 39.8 Å². The molecule has 1 saturated heterocycles. The van der Waals surface area contributed by atoms with Crippen molar-refractivity contribution in [2.24, 2.45) is 11.8 Å². The third-order valence-electron chi connectivity index (χ3n) is 5.86. The summed E-state index contributed by atoms with van der Waals surface area (Å²) in [5.41, 5.74) is 0.517. The smallest absolute Gasteiger partial charge is 0.270 e. The largest absolute Gasteiger partial charge is 0.341 e. The Bertz CT molecular complexity index is 1050. The van der Waals surface area contributed by atoms with Gasteiger partial charge in [-0.15, -0.1) is 0 Å². The van der Waals surface area contributed by atoms with Crippen LogP contribution in [0.2, 0.25) is 5.02 Å². The summed E-state index contributed by atoms with van der Waals surface area (Å²) in [4.78, 5) is 50.6. The van der Waals surface area contributed by atoms with E-state index in [1.54, 1.807) is 17.0 Å². The third-order valence-corrected chi connectivity index (χ3v) is 6.18. The van der Waals surface area contributed by atoms with E-state index in [1.807, 2.05) is 32.0 Å². The van der Waals surface area contributed by atoms with Crippen LogP contribution in [0.3, 0.4) is 0 Å². The van der Waals surface area contributed by atoms with E-state index in [0.29, 0.717) is 31.5 Å². The maximum atomic E-state index is 13.2. The molecule has 2 aromatic carbocycles. The molecule has 2 amide bonds. The number of nitro groups is 1. The highest BCUT2D eigenvalue weighted by Crippen LogP contribution is 2.25. The van der Waals surface area contributed by atoms with Gasteiger partial charge in [-0.1, -0.05) is 55.8 Å². The molecule has 1 aliphatic heterocycles. The number of halogens is 1. The molecule has 2 aromatic rings. The number of benzene rings is 2. The van der Waals surface area contributed by atoms with Gasteiger partial charge in [0, 0.05) is 36.7 Å². The van der Waals surface area contributed by atoms with Crippen molar-refractivity contribution in [3.8, 4) is 0 Å². The summed E-state index contributed by atoms with van der Waals surface area (Å²) in [5, 5.41) is 13.6. The Hall–Kier alpha value is -3.26. The van der Waals surface area contributed by atoms with Gasteiger partial charge in [0.25, 0.3) is 11.6 Å². The van der Waals surface area contributed by atoms with Gasteiger partial charge in [0.1, 0.15) is 6.04 Å². The van der Waals surface area contributed by atoms with Crippen LogP contribution in [0.25, 0.3) is 0 Å². The lowest BCUT2D eigenvalue weighted by Crippen LogP contribution is -2.53. The number of nitro benzene ring substituents is 1. The summed E-state index contributed by atoms with van der Waals surface area (Å²) in [6.07, 6.45) is 1.12. The van der Waals surface area contributed by atoms with Crippen molar-refractivity contribution in [3.05, 3.63) is 74.8 Å². The first-order valence-corrected chi connectivity index (χ1v) is 11.2. The number of carbonyl (C=O) groups is 3. The molecule has 33 heavy (non-hydrogen) atoms. The highest BCUT2D eigenvalue weighted by Gasteiger charge is 2.33. The number of nitrogens with one attached hydrogen (secondary N) is 1. The first-order chi connectivity index (χ1) is 15.7. The van der Waals surface area contributed by atoms with E-state index in [4.69, 9.17) is 11.6 Å². The maximum absolute atomic E-state index is 13.2. The van der Waals surface area contributed by atoms with Crippen LogP contribution >= 0.6 is 11.6 Å². The van der Waals surface area contributed by atoms with Gasteiger partial charge in [-0.05, 0) is 24.8 Å². The van der Waals surface area contributed by atoms with Crippen LogP contribution in [0.15, 0.2) is 48.5 Å². The minimum absolute atomic E-state index is 0.0584. The molecule has 0 radical (unpaired) electrons. The average Bonchev–Trinajstić information content (AvgIpc) is 2.81. The zero-order chi connectivity index (χ0) is 24.1. The molecule has 0 aromatic heterocycles. The summed E-state index contributed by atoms with van der Waals surface area (Å²) in [7, 11) is 0. The molecule has 0 bridgehead atoms. The van der Waals surface area contributed by atoms with E-state index in [2.05, 4.69) is 5.32 Å². The molecule has 9 heteroatoms. The zero-order valence-electron chi connectivity index (χ0n) is 18.5. The second kappa shape index (κ2) is 10.6. The van der Waals surface area contributed by atoms with Gasteiger partial charge in [0.05, 0.1) is 15.5 Å². The fourth-order valence-electron chi connectivity index (χ4n) is 3.93. The number of likely N-dealkylation sites (tertiary alicyclic amines) is 1. The zero-order valence-corrected chi connectivity index (χ0v) is 19.2. The number of amides is 2. The van der Waals surface area contributed by atoms with Crippen LogP contribution < -0.4 is 5.32 Å². The minimum Gasteiger partial charge on any atom is -0.341 e. The standard InChI is InChI=1S/C24H26ClN3O5/c1-15(2)21(26-23(30)19-9-8-18(28(32)33)14-20(19)25)24(31)27-12-10-17(11-13-27)22(29)16-6-4-3-5-7-16/h3-9,14-15,17,21H,10-13H2,1-2H3,(H,26,30)/t21-/m1/s1. The van der Waals surface area contributed by atoms with E-state index in [0.717, 1.165) is 6.07 Å². The number of hydrogen-bond donors (Lipinski definition) is 1. The van der Waals surface area contributed by atoms with Crippen LogP contribution in [0.5, 0.6) is 0 Å². The molecule has 8 nitrogen and oxygen atoms in total. The predicted molar refractivity (Wildman–Crippen MR) is 124 cm³/mol. The van der Waals surface area contributed by atoms with Gasteiger partial charge in [-0.3, -0.25) is 24.5 Å². The van der Waals surface area contributed by atoms with E-state index < -0.39 is 16.9 Å². The number of ketones is 1. The number of Topliss-reactive ketones (excluding diaryl/α,β-unsaturated/α-hetero) is 1. The molecule has 0 unspecified atom stereocenters. The van der Waals surface area contributed by atoms with Crippen molar-refractivity contribution in [2.45, 2.75) is 32.7 Å². The predicted octanol–water partition coefficient (Wildman–Crippen LogP) is 4.12. The third kappa shape index (κ3) is 5.76.